The molecular weight excluding hydrogens is 431 g/mol. The largest absolute Gasteiger partial charge is 0.484 e. The lowest BCUT2D eigenvalue weighted by molar-refractivity contribution is -0.139. The number of carbonyl (C=O) groups is 3. The summed E-state index contributed by atoms with van der Waals surface area (Å²) in [5.74, 6) is -2.08. The molecule has 3 N–H and O–H groups in total. The summed E-state index contributed by atoms with van der Waals surface area (Å²) < 4.78 is 23.7. The Morgan fingerprint density at radius 2 is 1.85 bits per heavy atom. The van der Waals surface area contributed by atoms with Crippen molar-refractivity contribution in [2.45, 2.75) is 26.4 Å². The van der Waals surface area contributed by atoms with E-state index in [4.69, 9.17) is 9.47 Å². The van der Waals surface area contributed by atoms with Crippen LogP contribution in [0.2, 0.25) is 0 Å². The van der Waals surface area contributed by atoms with Crippen molar-refractivity contribution in [1.29, 1.82) is 0 Å². The Hall–Kier alpha value is -3.79. The molecule has 0 bridgehead atoms. The average Bonchev–Trinajstić information content (AvgIpc) is 2.79. The van der Waals surface area contributed by atoms with Gasteiger partial charge in [0, 0.05) is 18.8 Å². The van der Waals surface area contributed by atoms with Gasteiger partial charge in [0.1, 0.15) is 11.6 Å². The fourth-order valence-corrected chi connectivity index (χ4v) is 2.45. The van der Waals surface area contributed by atoms with E-state index in [1.54, 1.807) is 24.3 Å². The molecule has 0 unspecified atom stereocenters. The SMILES string of the molecule is CC(C)OCCCNC(=O)C(=O)N/N=C\c1cccc(OCC(=O)Nc2ccc(F)cc2)c1. The second-order valence-corrected chi connectivity index (χ2v) is 7.14. The number of hydrogen-bond acceptors (Lipinski definition) is 6. The topological polar surface area (TPSA) is 118 Å². The van der Waals surface area contributed by atoms with Crippen LogP contribution in [0, 0.1) is 5.82 Å². The maximum atomic E-state index is 12.9. The normalized spacial score (nSPS) is 10.8. The number of nitrogens with one attached hydrogen (secondary N) is 3. The van der Waals surface area contributed by atoms with Crippen LogP contribution in [-0.4, -0.2) is 49.8 Å². The summed E-state index contributed by atoms with van der Waals surface area (Å²) in [6.45, 7) is 4.38. The third-order valence-electron chi connectivity index (χ3n) is 4.00. The highest BCUT2D eigenvalue weighted by molar-refractivity contribution is 6.35. The third kappa shape index (κ3) is 10.4. The number of amides is 3. The predicted octanol–water partition coefficient (Wildman–Crippen LogP) is 2.22. The lowest BCUT2D eigenvalue weighted by Gasteiger charge is -2.08. The molecule has 3 amide bonds. The summed E-state index contributed by atoms with van der Waals surface area (Å²) in [6.07, 6.45) is 2.04. The fourth-order valence-electron chi connectivity index (χ4n) is 2.45. The Balaban J connectivity index is 1.73. The predicted molar refractivity (Wildman–Crippen MR) is 121 cm³/mol. The van der Waals surface area contributed by atoms with Gasteiger partial charge in [-0.05, 0) is 62.2 Å². The molecular formula is C23H27FN4O5. The van der Waals surface area contributed by atoms with Crippen molar-refractivity contribution in [3.8, 4) is 5.75 Å². The van der Waals surface area contributed by atoms with E-state index < -0.39 is 23.5 Å². The molecule has 2 aromatic rings. The van der Waals surface area contributed by atoms with Crippen molar-refractivity contribution in [3.05, 3.63) is 59.9 Å². The molecule has 0 spiro atoms. The van der Waals surface area contributed by atoms with Crippen molar-refractivity contribution >= 4 is 29.6 Å². The second kappa shape index (κ2) is 13.6. The second-order valence-electron chi connectivity index (χ2n) is 7.14. The molecule has 2 aromatic carbocycles. The average molecular weight is 458 g/mol. The van der Waals surface area contributed by atoms with Gasteiger partial charge in [-0.1, -0.05) is 12.1 Å². The molecule has 176 valence electrons. The molecule has 0 radical (unpaired) electrons. The number of rotatable bonds is 11. The molecule has 0 fully saturated rings. The zero-order valence-corrected chi connectivity index (χ0v) is 18.5. The van der Waals surface area contributed by atoms with E-state index >= 15 is 0 Å². The molecule has 9 nitrogen and oxygen atoms in total. The van der Waals surface area contributed by atoms with Crippen LogP contribution in [0.3, 0.4) is 0 Å². The smallest absolute Gasteiger partial charge is 0.329 e. The lowest BCUT2D eigenvalue weighted by Crippen LogP contribution is -2.38. The van der Waals surface area contributed by atoms with Crippen LogP contribution in [0.5, 0.6) is 5.75 Å². The van der Waals surface area contributed by atoms with Crippen molar-refractivity contribution < 1.29 is 28.2 Å². The molecule has 0 saturated carbocycles. The molecule has 0 heterocycles. The van der Waals surface area contributed by atoms with Crippen LogP contribution >= 0.6 is 0 Å². The summed E-state index contributed by atoms with van der Waals surface area (Å²) in [6, 6.07) is 12.0. The number of hydrazone groups is 1. The van der Waals surface area contributed by atoms with E-state index in [1.165, 1.54) is 30.5 Å². The van der Waals surface area contributed by atoms with E-state index in [0.717, 1.165) is 0 Å². The van der Waals surface area contributed by atoms with Crippen molar-refractivity contribution in [3.63, 3.8) is 0 Å². The summed E-state index contributed by atoms with van der Waals surface area (Å²) in [7, 11) is 0. The number of hydrogen-bond donors (Lipinski definition) is 3. The van der Waals surface area contributed by atoms with Gasteiger partial charge in [0.2, 0.25) is 0 Å². The molecule has 0 saturated heterocycles. The summed E-state index contributed by atoms with van der Waals surface area (Å²) in [4.78, 5) is 35.4. The van der Waals surface area contributed by atoms with Crippen LogP contribution in [0.15, 0.2) is 53.6 Å². The summed E-state index contributed by atoms with van der Waals surface area (Å²) in [5.41, 5.74) is 3.18. The number of halogens is 1. The van der Waals surface area contributed by atoms with E-state index in [0.29, 0.717) is 36.6 Å². The maximum absolute atomic E-state index is 12.9. The molecule has 0 atom stereocenters. The van der Waals surface area contributed by atoms with E-state index in [-0.39, 0.29) is 12.7 Å². The number of carbonyl (C=O) groups excluding carboxylic acids is 3. The van der Waals surface area contributed by atoms with Crippen molar-refractivity contribution in [2.24, 2.45) is 5.10 Å². The Morgan fingerprint density at radius 1 is 1.09 bits per heavy atom. The van der Waals surface area contributed by atoms with Gasteiger partial charge in [0.05, 0.1) is 12.3 Å². The molecule has 2 rings (SSSR count). The van der Waals surface area contributed by atoms with Gasteiger partial charge in [0.15, 0.2) is 6.61 Å². The standard InChI is InChI=1S/C23H27FN4O5/c1-16(2)32-12-4-11-25-22(30)23(31)28-26-14-17-5-3-6-20(13-17)33-15-21(29)27-19-9-7-18(24)8-10-19/h3,5-10,13-14,16H,4,11-12,15H2,1-2H3,(H,25,30)(H,27,29)(H,28,31)/b26-14-. The molecule has 10 heteroatoms. The zero-order chi connectivity index (χ0) is 24.1. The minimum Gasteiger partial charge on any atom is -0.484 e. The number of benzene rings is 2. The van der Waals surface area contributed by atoms with E-state index in [2.05, 4.69) is 21.2 Å². The lowest BCUT2D eigenvalue weighted by atomic mass is 10.2. The number of nitrogens with zero attached hydrogens (tertiary/aromatic N) is 1. The minimum atomic E-state index is -0.888. The first kappa shape index (κ1) is 25.5. The van der Waals surface area contributed by atoms with E-state index in [1.807, 2.05) is 13.8 Å². The van der Waals surface area contributed by atoms with E-state index in [9.17, 15) is 18.8 Å². The Morgan fingerprint density at radius 3 is 2.58 bits per heavy atom. The Bertz CT molecular complexity index is 964. The number of anilines is 1. The summed E-state index contributed by atoms with van der Waals surface area (Å²) in [5, 5.41) is 8.82. The van der Waals surface area contributed by atoms with Crippen molar-refractivity contribution in [1.82, 2.24) is 10.7 Å². The fraction of sp³-hybridized carbons (Fsp3) is 0.304. The van der Waals surface area contributed by atoms with Gasteiger partial charge in [-0.25, -0.2) is 9.82 Å². The highest BCUT2D eigenvalue weighted by Gasteiger charge is 2.11. The molecule has 0 aromatic heterocycles. The highest BCUT2D eigenvalue weighted by Crippen LogP contribution is 2.13. The first-order valence-electron chi connectivity index (χ1n) is 10.3. The van der Waals surface area contributed by atoms with Gasteiger partial charge in [-0.2, -0.15) is 5.10 Å². The van der Waals surface area contributed by atoms with Gasteiger partial charge in [-0.3, -0.25) is 14.4 Å². The Kier molecular flexibility index (Phi) is 10.5. The molecule has 0 aliphatic rings. The zero-order valence-electron chi connectivity index (χ0n) is 18.5. The molecule has 0 aliphatic heterocycles. The van der Waals surface area contributed by atoms with Crippen LogP contribution in [0.1, 0.15) is 25.8 Å². The highest BCUT2D eigenvalue weighted by atomic mass is 19.1. The van der Waals surface area contributed by atoms with Crippen LogP contribution in [0.25, 0.3) is 0 Å². The number of ether oxygens (including phenoxy) is 2. The van der Waals surface area contributed by atoms with Gasteiger partial charge < -0.3 is 20.1 Å². The van der Waals surface area contributed by atoms with Gasteiger partial charge in [0.25, 0.3) is 5.91 Å². The maximum Gasteiger partial charge on any atom is 0.329 e. The quantitative estimate of drug-likeness (QED) is 0.207. The van der Waals surface area contributed by atoms with Crippen molar-refractivity contribution in [2.75, 3.05) is 25.1 Å². The third-order valence-corrected chi connectivity index (χ3v) is 4.00. The first-order chi connectivity index (χ1) is 15.8. The van der Waals surface area contributed by atoms with Gasteiger partial charge >= 0.3 is 11.8 Å². The van der Waals surface area contributed by atoms with Gasteiger partial charge in [-0.15, -0.1) is 0 Å². The van der Waals surface area contributed by atoms with Crippen LogP contribution < -0.4 is 20.8 Å². The first-order valence-corrected chi connectivity index (χ1v) is 10.3. The monoisotopic (exact) mass is 458 g/mol. The Labute approximate surface area is 191 Å². The van der Waals surface area contributed by atoms with Crippen LogP contribution in [0.4, 0.5) is 10.1 Å². The minimum absolute atomic E-state index is 0.112. The summed E-state index contributed by atoms with van der Waals surface area (Å²) >= 11 is 0. The van der Waals surface area contributed by atoms with Crippen LogP contribution in [-0.2, 0) is 19.1 Å². The molecule has 0 aliphatic carbocycles. The molecule has 33 heavy (non-hydrogen) atoms.